The van der Waals surface area contributed by atoms with Crippen molar-refractivity contribution in [2.75, 3.05) is 0 Å². The van der Waals surface area contributed by atoms with Gasteiger partial charge in [0.15, 0.2) is 0 Å². The monoisotopic (exact) mass is 273 g/mol. The molecule has 102 valence electrons. The lowest BCUT2D eigenvalue weighted by Crippen LogP contribution is -2.39. The Bertz CT molecular complexity index is 383. The van der Waals surface area contributed by atoms with Crippen LogP contribution in [0.3, 0.4) is 0 Å². The molecule has 0 saturated heterocycles. The standard InChI is InChI=1S/C10H9F6NO/c11-9(12,13)8(17)5-6-1-3-7(4-2-6)18-10(14,15)16/h1-4,8H,5,17H2. The molecule has 0 heterocycles. The molecule has 8 heteroatoms. The molecular weight excluding hydrogens is 264 g/mol. The third-order valence-electron chi connectivity index (χ3n) is 2.03. The Morgan fingerprint density at radius 2 is 1.50 bits per heavy atom. The fraction of sp³-hybridized carbons (Fsp3) is 0.400. The number of hydrogen-bond donors (Lipinski definition) is 1. The first-order chi connectivity index (χ1) is 8.08. The average molecular weight is 273 g/mol. The molecule has 0 aliphatic heterocycles. The van der Waals surface area contributed by atoms with Crippen LogP contribution in [0.2, 0.25) is 0 Å². The molecule has 2 nitrogen and oxygen atoms in total. The number of benzene rings is 1. The average Bonchev–Trinajstić information content (AvgIpc) is 2.17. The zero-order chi connectivity index (χ0) is 14.0. The van der Waals surface area contributed by atoms with Crippen LogP contribution in [0.5, 0.6) is 5.75 Å². The van der Waals surface area contributed by atoms with E-state index in [2.05, 4.69) is 4.74 Å². The summed E-state index contributed by atoms with van der Waals surface area (Å²) in [6, 6.07) is 2.03. The van der Waals surface area contributed by atoms with Crippen molar-refractivity contribution in [2.45, 2.75) is 25.0 Å². The minimum atomic E-state index is -4.83. The molecule has 0 aliphatic carbocycles. The Hall–Kier alpha value is -1.44. The highest BCUT2D eigenvalue weighted by Gasteiger charge is 2.36. The van der Waals surface area contributed by atoms with Crippen LogP contribution in [0, 0.1) is 0 Å². The zero-order valence-corrected chi connectivity index (χ0v) is 8.85. The second-order valence-corrected chi connectivity index (χ2v) is 3.54. The van der Waals surface area contributed by atoms with Gasteiger partial charge in [-0.3, -0.25) is 0 Å². The molecule has 0 fully saturated rings. The molecule has 1 aromatic carbocycles. The van der Waals surface area contributed by atoms with E-state index in [1.807, 2.05) is 0 Å². The van der Waals surface area contributed by atoms with E-state index in [0.717, 1.165) is 24.3 Å². The van der Waals surface area contributed by atoms with Gasteiger partial charge in [-0.1, -0.05) is 12.1 Å². The maximum absolute atomic E-state index is 12.1. The normalized spacial score (nSPS) is 14.4. The van der Waals surface area contributed by atoms with E-state index < -0.39 is 30.8 Å². The summed E-state index contributed by atoms with van der Waals surface area (Å²) in [5.41, 5.74) is 5.06. The highest BCUT2D eigenvalue weighted by molar-refractivity contribution is 5.28. The van der Waals surface area contributed by atoms with Gasteiger partial charge in [-0.15, -0.1) is 13.2 Å². The Labute approximate surface area is 98.3 Å². The van der Waals surface area contributed by atoms with Gasteiger partial charge < -0.3 is 10.5 Å². The van der Waals surface area contributed by atoms with E-state index in [1.165, 1.54) is 0 Å². The van der Waals surface area contributed by atoms with Gasteiger partial charge in [0.05, 0.1) is 0 Å². The number of halogens is 6. The van der Waals surface area contributed by atoms with Crippen molar-refractivity contribution in [3.63, 3.8) is 0 Å². The van der Waals surface area contributed by atoms with Crippen LogP contribution in [-0.4, -0.2) is 18.6 Å². The van der Waals surface area contributed by atoms with Crippen molar-refractivity contribution in [1.82, 2.24) is 0 Å². The summed E-state index contributed by atoms with van der Waals surface area (Å²) < 4.78 is 75.4. The summed E-state index contributed by atoms with van der Waals surface area (Å²) in [5, 5.41) is 0. The highest BCUT2D eigenvalue weighted by Crippen LogP contribution is 2.25. The zero-order valence-electron chi connectivity index (χ0n) is 8.85. The summed E-state index contributed by atoms with van der Waals surface area (Å²) in [4.78, 5) is 0. The van der Waals surface area contributed by atoms with Gasteiger partial charge >= 0.3 is 12.5 Å². The largest absolute Gasteiger partial charge is 0.573 e. The van der Waals surface area contributed by atoms with Gasteiger partial charge in [-0.25, -0.2) is 0 Å². The van der Waals surface area contributed by atoms with Gasteiger partial charge in [0.25, 0.3) is 0 Å². The van der Waals surface area contributed by atoms with Gasteiger partial charge in [0.1, 0.15) is 11.8 Å². The fourth-order valence-corrected chi connectivity index (χ4v) is 1.20. The van der Waals surface area contributed by atoms with Crippen molar-refractivity contribution in [2.24, 2.45) is 5.73 Å². The smallest absolute Gasteiger partial charge is 0.406 e. The van der Waals surface area contributed by atoms with Crippen LogP contribution < -0.4 is 10.5 Å². The SMILES string of the molecule is NC(Cc1ccc(OC(F)(F)F)cc1)C(F)(F)F. The minimum absolute atomic E-state index is 0.175. The van der Waals surface area contributed by atoms with Crippen molar-refractivity contribution in [3.8, 4) is 5.75 Å². The van der Waals surface area contributed by atoms with Crippen LogP contribution in [0.15, 0.2) is 24.3 Å². The van der Waals surface area contributed by atoms with E-state index >= 15 is 0 Å². The van der Waals surface area contributed by atoms with Crippen LogP contribution in [0.25, 0.3) is 0 Å². The Morgan fingerprint density at radius 3 is 1.89 bits per heavy atom. The molecule has 0 amide bonds. The predicted octanol–water partition coefficient (Wildman–Crippen LogP) is 3.02. The molecule has 0 aromatic heterocycles. The molecule has 0 spiro atoms. The number of rotatable bonds is 3. The number of alkyl halides is 6. The maximum Gasteiger partial charge on any atom is 0.573 e. The van der Waals surface area contributed by atoms with Crippen LogP contribution in [0.1, 0.15) is 5.56 Å². The molecule has 1 aromatic rings. The molecule has 0 aliphatic rings. The van der Waals surface area contributed by atoms with Gasteiger partial charge in [0.2, 0.25) is 0 Å². The molecule has 1 rings (SSSR count). The van der Waals surface area contributed by atoms with Gasteiger partial charge in [-0.2, -0.15) is 13.2 Å². The molecule has 1 unspecified atom stereocenters. The fourth-order valence-electron chi connectivity index (χ4n) is 1.20. The molecule has 18 heavy (non-hydrogen) atoms. The lowest BCUT2D eigenvalue weighted by atomic mass is 10.1. The third-order valence-corrected chi connectivity index (χ3v) is 2.03. The number of hydrogen-bond acceptors (Lipinski definition) is 2. The second-order valence-electron chi connectivity index (χ2n) is 3.54. The molecule has 0 saturated carbocycles. The Balaban J connectivity index is 2.66. The molecule has 2 N–H and O–H groups in total. The summed E-state index contributed by atoms with van der Waals surface area (Å²) >= 11 is 0. The van der Waals surface area contributed by atoms with Crippen molar-refractivity contribution in [1.29, 1.82) is 0 Å². The van der Waals surface area contributed by atoms with Gasteiger partial charge in [0, 0.05) is 0 Å². The van der Waals surface area contributed by atoms with Gasteiger partial charge in [-0.05, 0) is 24.1 Å². The lowest BCUT2D eigenvalue weighted by Gasteiger charge is -2.15. The Morgan fingerprint density at radius 1 is 1.00 bits per heavy atom. The number of nitrogens with two attached hydrogens (primary N) is 1. The van der Waals surface area contributed by atoms with E-state index in [-0.39, 0.29) is 5.56 Å². The van der Waals surface area contributed by atoms with Crippen LogP contribution in [0.4, 0.5) is 26.3 Å². The quantitative estimate of drug-likeness (QED) is 0.859. The molecule has 0 bridgehead atoms. The minimum Gasteiger partial charge on any atom is -0.406 e. The predicted molar refractivity (Wildman–Crippen MR) is 50.9 cm³/mol. The lowest BCUT2D eigenvalue weighted by molar-refractivity contribution is -0.274. The van der Waals surface area contributed by atoms with E-state index in [4.69, 9.17) is 5.73 Å². The third kappa shape index (κ3) is 4.82. The summed E-state index contributed by atoms with van der Waals surface area (Å²) in [5.74, 6) is -0.494. The first-order valence-electron chi connectivity index (χ1n) is 4.75. The second kappa shape index (κ2) is 5.05. The topological polar surface area (TPSA) is 35.2 Å². The van der Waals surface area contributed by atoms with E-state index in [1.54, 1.807) is 0 Å². The summed E-state index contributed by atoms with van der Waals surface area (Å²) in [6.45, 7) is 0. The van der Waals surface area contributed by atoms with Crippen molar-refractivity contribution in [3.05, 3.63) is 29.8 Å². The Kier molecular flexibility index (Phi) is 4.10. The van der Waals surface area contributed by atoms with E-state index in [0.29, 0.717) is 0 Å². The first-order valence-corrected chi connectivity index (χ1v) is 4.75. The first kappa shape index (κ1) is 14.6. The molecule has 1 atom stereocenters. The summed E-state index contributed by atoms with van der Waals surface area (Å²) in [6.07, 6.45) is -9.87. The van der Waals surface area contributed by atoms with Crippen LogP contribution >= 0.6 is 0 Å². The maximum atomic E-state index is 12.1. The van der Waals surface area contributed by atoms with Crippen molar-refractivity contribution < 1.29 is 31.1 Å². The number of ether oxygens (including phenoxy) is 1. The summed E-state index contributed by atoms with van der Waals surface area (Å²) in [7, 11) is 0. The molecule has 0 radical (unpaired) electrons. The molecular formula is C10H9F6NO. The highest BCUT2D eigenvalue weighted by atomic mass is 19.4. The van der Waals surface area contributed by atoms with Crippen LogP contribution in [-0.2, 0) is 6.42 Å². The van der Waals surface area contributed by atoms with Crippen molar-refractivity contribution >= 4 is 0 Å². The van der Waals surface area contributed by atoms with E-state index in [9.17, 15) is 26.3 Å².